The second-order valence-electron chi connectivity index (χ2n) is 9.77. The van der Waals surface area contributed by atoms with Crippen molar-refractivity contribution >= 4 is 16.7 Å². The summed E-state index contributed by atoms with van der Waals surface area (Å²) < 4.78 is 13.7. The number of piperidine rings is 1. The number of rotatable bonds is 8. The van der Waals surface area contributed by atoms with Crippen molar-refractivity contribution in [2.75, 3.05) is 32.7 Å². The molecule has 0 amide bonds. The Balaban J connectivity index is 1.01. The van der Waals surface area contributed by atoms with Gasteiger partial charge in [0.15, 0.2) is 0 Å². The van der Waals surface area contributed by atoms with Crippen LogP contribution in [-0.2, 0) is 17.8 Å². The molecule has 33 heavy (non-hydrogen) atoms. The molecule has 0 bridgehead atoms. The van der Waals surface area contributed by atoms with Crippen molar-refractivity contribution in [3.05, 3.63) is 71.2 Å². The van der Waals surface area contributed by atoms with Crippen LogP contribution < -0.4 is 0 Å². The first kappa shape index (κ1) is 22.3. The average Bonchev–Trinajstić information content (AvgIpc) is 3.25. The van der Waals surface area contributed by atoms with Crippen LogP contribution in [0.5, 0.6) is 0 Å². The van der Waals surface area contributed by atoms with Crippen molar-refractivity contribution in [3.63, 3.8) is 0 Å². The first-order valence-electron chi connectivity index (χ1n) is 12.5. The van der Waals surface area contributed by atoms with Crippen LogP contribution in [0.25, 0.3) is 10.9 Å². The third-order valence-electron chi connectivity index (χ3n) is 7.49. The summed E-state index contributed by atoms with van der Waals surface area (Å²) >= 11 is 0. The Labute approximate surface area is 195 Å². The Morgan fingerprint density at radius 3 is 2.67 bits per heavy atom. The number of halogens is 1. The minimum Gasteiger partial charge on any atom is -0.361 e. The lowest BCUT2D eigenvalue weighted by molar-refractivity contribution is -0.120. The SMILES string of the molecule is O=C(CCCCN1CCC(c2c[nH]c3ccc(F)cc23)CC1)CN1CCc2ccccc2C1. The van der Waals surface area contributed by atoms with Gasteiger partial charge in [0.05, 0.1) is 6.54 Å². The Hall–Kier alpha value is -2.50. The van der Waals surface area contributed by atoms with Crippen LogP contribution in [0.1, 0.15) is 54.7 Å². The van der Waals surface area contributed by atoms with Gasteiger partial charge in [0.1, 0.15) is 11.6 Å². The molecule has 5 heteroatoms. The molecule has 1 aromatic heterocycles. The summed E-state index contributed by atoms with van der Waals surface area (Å²) in [5.74, 6) is 0.702. The number of ketones is 1. The minimum atomic E-state index is -0.166. The van der Waals surface area contributed by atoms with Crippen LogP contribution in [-0.4, -0.2) is 53.3 Å². The standard InChI is InChI=1S/C28H34FN3O/c29-24-8-9-28-26(17-24)27(18-30-28)22-11-14-31(15-12-22)13-4-3-7-25(33)20-32-16-10-21-5-1-2-6-23(21)19-32/h1-2,5-6,8-9,17-18,22,30H,3-4,7,10-16,19-20H2. The summed E-state index contributed by atoms with van der Waals surface area (Å²) in [4.78, 5) is 20.6. The van der Waals surface area contributed by atoms with Crippen molar-refractivity contribution in [1.29, 1.82) is 0 Å². The number of fused-ring (bicyclic) bond motifs is 2. The van der Waals surface area contributed by atoms with Gasteiger partial charge in [-0.1, -0.05) is 24.3 Å². The van der Waals surface area contributed by atoms with E-state index in [1.807, 2.05) is 6.07 Å². The topological polar surface area (TPSA) is 39.3 Å². The third-order valence-corrected chi connectivity index (χ3v) is 7.49. The highest BCUT2D eigenvalue weighted by atomic mass is 19.1. The van der Waals surface area contributed by atoms with E-state index in [-0.39, 0.29) is 5.82 Å². The number of hydrogen-bond acceptors (Lipinski definition) is 3. The van der Waals surface area contributed by atoms with Crippen LogP contribution >= 0.6 is 0 Å². The molecule has 1 fully saturated rings. The fraction of sp³-hybridized carbons (Fsp3) is 0.464. The van der Waals surface area contributed by atoms with Crippen LogP contribution in [0, 0.1) is 5.82 Å². The molecule has 1 N–H and O–H groups in total. The number of nitrogens with zero attached hydrogens (tertiary/aromatic N) is 2. The van der Waals surface area contributed by atoms with E-state index in [1.54, 1.807) is 6.07 Å². The van der Waals surface area contributed by atoms with Gasteiger partial charge in [-0.3, -0.25) is 9.69 Å². The molecule has 0 aliphatic carbocycles. The van der Waals surface area contributed by atoms with Gasteiger partial charge >= 0.3 is 0 Å². The Bertz CT molecular complexity index is 1100. The Kier molecular flexibility index (Phi) is 6.88. The number of H-pyrrole nitrogens is 1. The van der Waals surface area contributed by atoms with Crippen molar-refractivity contribution in [2.45, 2.75) is 51.0 Å². The van der Waals surface area contributed by atoms with E-state index >= 15 is 0 Å². The monoisotopic (exact) mass is 447 g/mol. The van der Waals surface area contributed by atoms with E-state index in [9.17, 15) is 9.18 Å². The summed E-state index contributed by atoms with van der Waals surface area (Å²) in [5, 5.41) is 1.03. The molecule has 0 saturated carbocycles. The van der Waals surface area contributed by atoms with E-state index < -0.39 is 0 Å². The molecule has 0 unspecified atom stereocenters. The van der Waals surface area contributed by atoms with Crippen LogP contribution in [0.4, 0.5) is 4.39 Å². The number of carbonyl (C=O) groups is 1. The number of carbonyl (C=O) groups excluding carboxylic acids is 1. The lowest BCUT2D eigenvalue weighted by atomic mass is 9.89. The zero-order valence-corrected chi connectivity index (χ0v) is 19.4. The zero-order valence-electron chi connectivity index (χ0n) is 19.4. The molecule has 0 atom stereocenters. The van der Waals surface area contributed by atoms with Gasteiger partial charge in [0.2, 0.25) is 0 Å². The molecule has 0 spiro atoms. The molecule has 2 aliphatic heterocycles. The molecule has 0 radical (unpaired) electrons. The summed E-state index contributed by atoms with van der Waals surface area (Å²) in [6, 6.07) is 13.6. The smallest absolute Gasteiger partial charge is 0.146 e. The summed E-state index contributed by atoms with van der Waals surface area (Å²) in [7, 11) is 0. The first-order chi connectivity index (χ1) is 16.2. The minimum absolute atomic E-state index is 0.166. The number of aromatic nitrogens is 1. The second-order valence-corrected chi connectivity index (χ2v) is 9.77. The largest absolute Gasteiger partial charge is 0.361 e. The number of Topliss-reactive ketones (excluding diaryl/α,β-unsaturated/α-hetero) is 1. The zero-order chi connectivity index (χ0) is 22.6. The molecule has 174 valence electrons. The number of hydrogen-bond donors (Lipinski definition) is 1. The maximum absolute atomic E-state index is 13.7. The summed E-state index contributed by atoms with van der Waals surface area (Å²) in [6.07, 6.45) is 8.08. The highest BCUT2D eigenvalue weighted by molar-refractivity contribution is 5.83. The van der Waals surface area contributed by atoms with Crippen LogP contribution in [0.2, 0.25) is 0 Å². The van der Waals surface area contributed by atoms with E-state index in [0.29, 0.717) is 24.7 Å². The second kappa shape index (κ2) is 10.2. The number of benzene rings is 2. The van der Waals surface area contributed by atoms with Gasteiger partial charge in [-0.2, -0.15) is 0 Å². The molecule has 4 nitrogen and oxygen atoms in total. The molecular weight excluding hydrogens is 413 g/mol. The fourth-order valence-electron chi connectivity index (χ4n) is 5.59. The highest BCUT2D eigenvalue weighted by Crippen LogP contribution is 2.33. The summed E-state index contributed by atoms with van der Waals surface area (Å²) in [6.45, 7) is 5.70. The number of aromatic amines is 1. The van der Waals surface area contributed by atoms with Gasteiger partial charge in [-0.05, 0) is 92.5 Å². The molecule has 1 saturated heterocycles. The fourth-order valence-corrected chi connectivity index (χ4v) is 5.59. The molecule has 2 aromatic carbocycles. The molecule has 3 heterocycles. The van der Waals surface area contributed by atoms with Crippen molar-refractivity contribution in [3.8, 4) is 0 Å². The Morgan fingerprint density at radius 2 is 1.82 bits per heavy atom. The third kappa shape index (κ3) is 5.36. The molecule has 3 aromatic rings. The highest BCUT2D eigenvalue weighted by Gasteiger charge is 2.23. The van der Waals surface area contributed by atoms with Crippen molar-refractivity contribution in [1.82, 2.24) is 14.8 Å². The molecular formula is C28H34FN3O. The molecule has 2 aliphatic rings. The normalized spacial score (nSPS) is 18.0. The summed E-state index contributed by atoms with van der Waals surface area (Å²) in [5.41, 5.74) is 5.09. The number of likely N-dealkylation sites (tertiary alicyclic amines) is 1. The van der Waals surface area contributed by atoms with Gasteiger partial charge in [0.25, 0.3) is 0 Å². The lowest BCUT2D eigenvalue weighted by Crippen LogP contribution is -2.35. The maximum atomic E-state index is 13.7. The van der Waals surface area contributed by atoms with Gasteiger partial charge < -0.3 is 9.88 Å². The predicted octanol–water partition coefficient (Wildman–Crippen LogP) is 5.28. The van der Waals surface area contributed by atoms with Crippen LogP contribution in [0.15, 0.2) is 48.7 Å². The predicted molar refractivity (Wildman–Crippen MR) is 131 cm³/mol. The first-order valence-corrected chi connectivity index (χ1v) is 12.5. The van der Waals surface area contributed by atoms with Gasteiger partial charge in [-0.15, -0.1) is 0 Å². The van der Waals surface area contributed by atoms with E-state index in [0.717, 1.165) is 75.7 Å². The number of nitrogens with one attached hydrogen (secondary N) is 1. The van der Waals surface area contributed by atoms with E-state index in [2.05, 4.69) is 45.2 Å². The van der Waals surface area contributed by atoms with Gasteiger partial charge in [0, 0.05) is 36.6 Å². The van der Waals surface area contributed by atoms with Crippen LogP contribution in [0.3, 0.4) is 0 Å². The Morgan fingerprint density at radius 1 is 1.00 bits per heavy atom. The average molecular weight is 448 g/mol. The number of unbranched alkanes of at least 4 members (excludes halogenated alkanes) is 1. The maximum Gasteiger partial charge on any atom is 0.146 e. The van der Waals surface area contributed by atoms with E-state index in [4.69, 9.17) is 0 Å². The quantitative estimate of drug-likeness (QED) is 0.477. The molecule has 5 rings (SSSR count). The van der Waals surface area contributed by atoms with E-state index in [1.165, 1.54) is 22.8 Å². The van der Waals surface area contributed by atoms with Crippen molar-refractivity contribution in [2.24, 2.45) is 0 Å². The van der Waals surface area contributed by atoms with Crippen molar-refractivity contribution < 1.29 is 9.18 Å². The lowest BCUT2D eigenvalue weighted by Gasteiger charge is -2.32. The van der Waals surface area contributed by atoms with Gasteiger partial charge in [-0.25, -0.2) is 4.39 Å².